The van der Waals surface area contributed by atoms with E-state index in [1.165, 1.54) is 11.1 Å². The Kier molecular flexibility index (Phi) is 6.98. The Morgan fingerprint density at radius 2 is 1.62 bits per heavy atom. The summed E-state index contributed by atoms with van der Waals surface area (Å²) in [4.78, 5) is 19.0. The number of ether oxygens (including phenoxy) is 1. The van der Waals surface area contributed by atoms with E-state index < -0.39 is 5.92 Å². The predicted molar refractivity (Wildman–Crippen MR) is 131 cm³/mol. The van der Waals surface area contributed by atoms with Gasteiger partial charge in [0.15, 0.2) is 4.80 Å². The number of fused-ring (bicyclic) bond motifs is 1. The van der Waals surface area contributed by atoms with Crippen molar-refractivity contribution >= 4 is 27.5 Å². The highest BCUT2D eigenvalue weighted by Crippen LogP contribution is 2.27. The lowest BCUT2D eigenvalue weighted by atomic mass is 9.91. The van der Waals surface area contributed by atoms with Crippen LogP contribution in [0.5, 0.6) is 0 Å². The number of aromatic nitrogens is 1. The van der Waals surface area contributed by atoms with Crippen LogP contribution in [0.4, 0.5) is 0 Å². The quantitative estimate of drug-likeness (QED) is 0.348. The third kappa shape index (κ3) is 4.74. The van der Waals surface area contributed by atoms with E-state index in [-0.39, 0.29) is 5.91 Å². The molecule has 32 heavy (non-hydrogen) atoms. The smallest absolute Gasteiger partial charge is 0.260 e. The van der Waals surface area contributed by atoms with Gasteiger partial charge in [-0.15, -0.1) is 0 Å². The van der Waals surface area contributed by atoms with Crippen molar-refractivity contribution in [3.05, 3.63) is 99.9 Å². The van der Waals surface area contributed by atoms with Crippen LogP contribution in [0.1, 0.15) is 35.1 Å². The third-order valence-corrected chi connectivity index (χ3v) is 6.73. The van der Waals surface area contributed by atoms with Gasteiger partial charge < -0.3 is 9.30 Å². The standard InChI is InChI=1S/C27H28N2O2S/c1-4-31-16-15-29-23-18-19(2)17-20(3)25(23)32-27(29)28-26(30)24(21-11-7-5-8-12-21)22-13-9-6-10-14-22/h5-14,17-18,24H,4,15-16H2,1-3H3. The summed E-state index contributed by atoms with van der Waals surface area (Å²) < 4.78 is 8.91. The van der Waals surface area contributed by atoms with E-state index in [1.54, 1.807) is 11.3 Å². The zero-order valence-corrected chi connectivity index (χ0v) is 19.6. The number of rotatable bonds is 7. The van der Waals surface area contributed by atoms with E-state index in [9.17, 15) is 4.79 Å². The molecule has 0 aliphatic heterocycles. The molecule has 1 aromatic heterocycles. The fraction of sp³-hybridized carbons (Fsp3) is 0.259. The second kappa shape index (κ2) is 10.1. The van der Waals surface area contributed by atoms with Crippen molar-refractivity contribution in [2.75, 3.05) is 13.2 Å². The number of aryl methyl sites for hydroxylation is 2. The lowest BCUT2D eigenvalue weighted by molar-refractivity contribution is -0.118. The van der Waals surface area contributed by atoms with Crippen molar-refractivity contribution in [1.29, 1.82) is 0 Å². The van der Waals surface area contributed by atoms with Crippen molar-refractivity contribution in [2.24, 2.45) is 4.99 Å². The van der Waals surface area contributed by atoms with Crippen LogP contribution in [0.2, 0.25) is 0 Å². The molecule has 0 saturated heterocycles. The minimum absolute atomic E-state index is 0.159. The Hall–Kier alpha value is -3.02. The molecule has 0 aliphatic carbocycles. The molecule has 4 aromatic rings. The molecule has 1 amide bonds. The summed E-state index contributed by atoms with van der Waals surface area (Å²) in [6.45, 7) is 8.10. The van der Waals surface area contributed by atoms with E-state index in [0.29, 0.717) is 19.8 Å². The Balaban J connectivity index is 1.85. The Bertz CT molecular complexity index is 1230. The highest BCUT2D eigenvalue weighted by Gasteiger charge is 2.23. The number of amides is 1. The molecule has 0 unspecified atom stereocenters. The summed E-state index contributed by atoms with van der Waals surface area (Å²) in [6.07, 6.45) is 0. The molecule has 5 heteroatoms. The van der Waals surface area contributed by atoms with Crippen molar-refractivity contribution in [2.45, 2.75) is 33.2 Å². The van der Waals surface area contributed by atoms with Gasteiger partial charge in [0.25, 0.3) is 5.91 Å². The molecule has 3 aromatic carbocycles. The number of nitrogens with zero attached hydrogens (tertiary/aromatic N) is 2. The Morgan fingerprint density at radius 1 is 1.00 bits per heavy atom. The summed E-state index contributed by atoms with van der Waals surface area (Å²) in [5.74, 6) is -0.598. The third-order valence-electron chi connectivity index (χ3n) is 5.50. The molecular formula is C27H28N2O2S. The van der Waals surface area contributed by atoms with Gasteiger partial charge in [0.1, 0.15) is 0 Å². The average Bonchev–Trinajstić information content (AvgIpc) is 3.13. The molecule has 0 aliphatic rings. The zero-order valence-electron chi connectivity index (χ0n) is 18.7. The van der Waals surface area contributed by atoms with Gasteiger partial charge >= 0.3 is 0 Å². The van der Waals surface area contributed by atoms with Crippen molar-refractivity contribution < 1.29 is 9.53 Å². The number of benzene rings is 3. The lowest BCUT2D eigenvalue weighted by Gasteiger charge is -2.14. The number of hydrogen-bond donors (Lipinski definition) is 0. The van der Waals surface area contributed by atoms with Crippen LogP contribution in [-0.4, -0.2) is 23.7 Å². The number of carbonyl (C=O) groups is 1. The first-order chi connectivity index (χ1) is 15.6. The van der Waals surface area contributed by atoms with Gasteiger partial charge in [0.2, 0.25) is 0 Å². The van der Waals surface area contributed by atoms with Crippen LogP contribution in [0.25, 0.3) is 10.2 Å². The van der Waals surface area contributed by atoms with E-state index in [4.69, 9.17) is 4.74 Å². The van der Waals surface area contributed by atoms with E-state index in [1.807, 2.05) is 67.6 Å². The fourth-order valence-electron chi connectivity index (χ4n) is 4.04. The average molecular weight is 445 g/mol. The molecule has 4 nitrogen and oxygen atoms in total. The highest BCUT2D eigenvalue weighted by molar-refractivity contribution is 7.16. The molecule has 0 atom stereocenters. The molecule has 0 spiro atoms. The van der Waals surface area contributed by atoms with Gasteiger partial charge in [-0.2, -0.15) is 4.99 Å². The van der Waals surface area contributed by atoms with Gasteiger partial charge in [-0.3, -0.25) is 4.79 Å². The molecule has 0 N–H and O–H groups in total. The van der Waals surface area contributed by atoms with Gasteiger partial charge in [-0.05, 0) is 49.1 Å². The molecule has 0 bridgehead atoms. The maximum atomic E-state index is 13.6. The topological polar surface area (TPSA) is 43.6 Å². The monoisotopic (exact) mass is 444 g/mol. The first-order valence-corrected chi connectivity index (χ1v) is 11.8. The van der Waals surface area contributed by atoms with E-state index >= 15 is 0 Å². The Labute approximate surface area is 192 Å². The fourth-order valence-corrected chi connectivity index (χ4v) is 5.15. The summed E-state index contributed by atoms with van der Waals surface area (Å²) in [5, 5.41) is 0. The first-order valence-electron chi connectivity index (χ1n) is 10.9. The van der Waals surface area contributed by atoms with Gasteiger partial charge in [0.05, 0.1) is 22.7 Å². The molecule has 4 rings (SSSR count). The van der Waals surface area contributed by atoms with Gasteiger partial charge in [0, 0.05) is 13.2 Å². The zero-order chi connectivity index (χ0) is 22.5. The van der Waals surface area contributed by atoms with Crippen molar-refractivity contribution in [1.82, 2.24) is 4.57 Å². The number of carbonyl (C=O) groups excluding carboxylic acids is 1. The summed E-state index contributed by atoms with van der Waals surface area (Å²) in [7, 11) is 0. The molecule has 0 fully saturated rings. The summed E-state index contributed by atoms with van der Waals surface area (Å²) >= 11 is 1.57. The Morgan fingerprint density at radius 3 is 2.22 bits per heavy atom. The largest absolute Gasteiger partial charge is 0.380 e. The SMILES string of the molecule is CCOCCn1c(=NC(=O)C(c2ccccc2)c2ccccc2)sc2c(C)cc(C)cc21. The van der Waals surface area contributed by atoms with Crippen LogP contribution in [0, 0.1) is 13.8 Å². The maximum absolute atomic E-state index is 13.6. The van der Waals surface area contributed by atoms with Crippen molar-refractivity contribution in [3.63, 3.8) is 0 Å². The van der Waals surface area contributed by atoms with Gasteiger partial charge in [-0.25, -0.2) is 0 Å². The van der Waals surface area contributed by atoms with Crippen LogP contribution in [-0.2, 0) is 16.1 Å². The van der Waals surface area contributed by atoms with Gasteiger partial charge in [-0.1, -0.05) is 78.1 Å². The van der Waals surface area contributed by atoms with Crippen molar-refractivity contribution in [3.8, 4) is 0 Å². The lowest BCUT2D eigenvalue weighted by Crippen LogP contribution is -2.22. The van der Waals surface area contributed by atoms with Crippen LogP contribution in [0.15, 0.2) is 77.8 Å². The highest BCUT2D eigenvalue weighted by atomic mass is 32.1. The first kappa shape index (κ1) is 22.2. The van der Waals surface area contributed by atoms with E-state index in [2.05, 4.69) is 35.5 Å². The minimum atomic E-state index is -0.439. The van der Waals surface area contributed by atoms with E-state index in [0.717, 1.165) is 26.1 Å². The molecule has 0 saturated carbocycles. The number of hydrogen-bond acceptors (Lipinski definition) is 3. The molecule has 1 heterocycles. The maximum Gasteiger partial charge on any atom is 0.260 e. The van der Waals surface area contributed by atoms with Crippen LogP contribution >= 0.6 is 11.3 Å². The summed E-state index contributed by atoms with van der Waals surface area (Å²) in [6, 6.07) is 24.1. The normalized spacial score (nSPS) is 12.1. The predicted octanol–water partition coefficient (Wildman–Crippen LogP) is 5.62. The number of thiazole rings is 1. The van der Waals surface area contributed by atoms with Crippen LogP contribution in [0.3, 0.4) is 0 Å². The molecule has 0 radical (unpaired) electrons. The molecule has 164 valence electrons. The second-order valence-corrected chi connectivity index (χ2v) is 8.85. The molecular weight excluding hydrogens is 416 g/mol. The van der Waals surface area contributed by atoms with Crippen LogP contribution < -0.4 is 4.80 Å². The minimum Gasteiger partial charge on any atom is -0.380 e. The second-order valence-electron chi connectivity index (χ2n) is 7.87. The summed E-state index contributed by atoms with van der Waals surface area (Å²) in [5.41, 5.74) is 5.40.